The summed E-state index contributed by atoms with van der Waals surface area (Å²) in [6, 6.07) is 18.1. The fraction of sp³-hybridized carbons (Fsp3) is 0.381. The molecule has 0 bridgehead atoms. The van der Waals surface area contributed by atoms with Gasteiger partial charge < -0.3 is 9.80 Å². The quantitative estimate of drug-likeness (QED) is 0.825. The van der Waals surface area contributed by atoms with E-state index in [1.54, 1.807) is 0 Å². The van der Waals surface area contributed by atoms with Gasteiger partial charge in [0.15, 0.2) is 0 Å². The zero-order valence-electron chi connectivity index (χ0n) is 14.7. The van der Waals surface area contributed by atoms with Gasteiger partial charge in [0, 0.05) is 37.0 Å². The van der Waals surface area contributed by atoms with Crippen molar-refractivity contribution < 1.29 is 4.79 Å². The van der Waals surface area contributed by atoms with Gasteiger partial charge in [-0.3, -0.25) is 4.79 Å². The van der Waals surface area contributed by atoms with Crippen LogP contribution in [0.25, 0.3) is 0 Å². The van der Waals surface area contributed by atoms with Crippen molar-refractivity contribution in [2.24, 2.45) is 0 Å². The van der Waals surface area contributed by atoms with Crippen molar-refractivity contribution in [2.45, 2.75) is 18.8 Å². The van der Waals surface area contributed by atoms with E-state index in [9.17, 15) is 4.79 Å². The number of amides is 1. The van der Waals surface area contributed by atoms with Crippen LogP contribution >= 0.6 is 11.6 Å². The minimum absolute atomic E-state index is 0.0620. The number of hydrogen-bond donors (Lipinski definition) is 0. The maximum Gasteiger partial charge on any atom is 0.223 e. The van der Waals surface area contributed by atoms with Crippen LogP contribution < -0.4 is 0 Å². The molecule has 0 aliphatic carbocycles. The molecule has 132 valence electrons. The summed E-state index contributed by atoms with van der Waals surface area (Å²) in [6.45, 7) is 3.68. The van der Waals surface area contributed by atoms with E-state index < -0.39 is 0 Å². The van der Waals surface area contributed by atoms with Gasteiger partial charge in [0.05, 0.1) is 0 Å². The second-order valence-corrected chi connectivity index (χ2v) is 7.19. The van der Waals surface area contributed by atoms with Crippen molar-refractivity contribution in [3.63, 3.8) is 0 Å². The van der Waals surface area contributed by atoms with Crippen molar-refractivity contribution >= 4 is 17.5 Å². The van der Waals surface area contributed by atoms with E-state index in [1.165, 1.54) is 5.56 Å². The molecule has 2 aromatic rings. The van der Waals surface area contributed by atoms with Crippen molar-refractivity contribution in [1.82, 2.24) is 9.80 Å². The Labute approximate surface area is 155 Å². The molecule has 1 saturated heterocycles. The van der Waals surface area contributed by atoms with Crippen LogP contribution in [0.2, 0.25) is 5.02 Å². The molecule has 0 spiro atoms. The Hall–Kier alpha value is -1.84. The normalized spacial score (nSPS) is 17.1. The third kappa shape index (κ3) is 4.83. The number of carbonyl (C=O) groups excluding carboxylic acids is 1. The molecule has 0 aromatic heterocycles. The summed E-state index contributed by atoms with van der Waals surface area (Å²) >= 11 is 6.04. The van der Waals surface area contributed by atoms with E-state index >= 15 is 0 Å². The minimum atomic E-state index is 0.0620. The van der Waals surface area contributed by atoms with E-state index in [-0.39, 0.29) is 11.8 Å². The Bertz CT molecular complexity index is 687. The summed E-state index contributed by atoms with van der Waals surface area (Å²) < 4.78 is 0. The van der Waals surface area contributed by atoms with Gasteiger partial charge in [-0.25, -0.2) is 0 Å². The molecule has 4 heteroatoms. The molecule has 1 fully saturated rings. The van der Waals surface area contributed by atoms with E-state index in [0.717, 1.165) is 43.2 Å². The van der Waals surface area contributed by atoms with Gasteiger partial charge in [0.1, 0.15) is 0 Å². The Kier molecular flexibility index (Phi) is 6.11. The molecule has 0 radical (unpaired) electrons. The second kappa shape index (κ2) is 8.50. The third-order valence-electron chi connectivity index (χ3n) is 4.93. The predicted molar refractivity (Wildman–Crippen MR) is 103 cm³/mol. The van der Waals surface area contributed by atoms with Crippen LogP contribution in [0.15, 0.2) is 54.6 Å². The van der Waals surface area contributed by atoms with Crippen LogP contribution in [0.5, 0.6) is 0 Å². The van der Waals surface area contributed by atoms with Crippen molar-refractivity contribution in [3.05, 3.63) is 70.7 Å². The molecule has 1 aliphatic heterocycles. The number of nitrogens with zero attached hydrogens (tertiary/aromatic N) is 2. The van der Waals surface area contributed by atoms with Gasteiger partial charge in [-0.15, -0.1) is 0 Å². The monoisotopic (exact) mass is 356 g/mol. The van der Waals surface area contributed by atoms with Crippen LogP contribution in [0, 0.1) is 0 Å². The number of carbonyl (C=O) groups is 1. The summed E-state index contributed by atoms with van der Waals surface area (Å²) in [7, 11) is 2.12. The molecule has 1 aliphatic rings. The number of likely N-dealkylation sites (N-methyl/N-ethyl adjacent to an activating group) is 1. The zero-order valence-corrected chi connectivity index (χ0v) is 15.5. The van der Waals surface area contributed by atoms with Crippen LogP contribution in [-0.2, 0) is 4.79 Å². The highest BCUT2D eigenvalue weighted by Crippen LogP contribution is 2.29. The number of halogens is 1. The van der Waals surface area contributed by atoms with Gasteiger partial charge in [0.25, 0.3) is 0 Å². The van der Waals surface area contributed by atoms with Gasteiger partial charge in [-0.05, 0) is 43.3 Å². The molecule has 0 saturated carbocycles. The van der Waals surface area contributed by atoms with Gasteiger partial charge >= 0.3 is 0 Å². The van der Waals surface area contributed by atoms with Crippen LogP contribution in [-0.4, -0.2) is 48.9 Å². The molecule has 0 N–H and O–H groups in total. The first-order valence-corrected chi connectivity index (χ1v) is 9.28. The lowest BCUT2D eigenvalue weighted by Gasteiger charge is -2.24. The zero-order chi connectivity index (χ0) is 17.6. The summed E-state index contributed by atoms with van der Waals surface area (Å²) in [5, 5.41) is 0.720. The molecule has 1 amide bonds. The third-order valence-corrected chi connectivity index (χ3v) is 5.18. The molecule has 2 aromatic carbocycles. The summed E-state index contributed by atoms with van der Waals surface area (Å²) in [5.74, 6) is 0.297. The molecule has 25 heavy (non-hydrogen) atoms. The summed E-state index contributed by atoms with van der Waals surface area (Å²) in [6.07, 6.45) is 1.54. The standard InChI is InChI=1S/C21H25ClN2O/c1-23-12-5-13-24(15-14-23)21(25)16-20(17-6-3-2-4-7-17)18-8-10-19(22)11-9-18/h2-4,6-11,20H,5,12-16H2,1H3/t20-/m0/s1. The average Bonchev–Trinajstić information content (AvgIpc) is 2.86. The lowest BCUT2D eigenvalue weighted by atomic mass is 9.88. The molecular weight excluding hydrogens is 332 g/mol. The van der Waals surface area contributed by atoms with Crippen LogP contribution in [0.3, 0.4) is 0 Å². The highest BCUT2D eigenvalue weighted by Gasteiger charge is 2.23. The molecular formula is C21H25ClN2O. The summed E-state index contributed by atoms with van der Waals surface area (Å²) in [4.78, 5) is 17.3. The fourth-order valence-electron chi connectivity index (χ4n) is 3.41. The number of hydrogen-bond acceptors (Lipinski definition) is 2. The SMILES string of the molecule is CN1CCCN(C(=O)C[C@@H](c2ccccc2)c2ccc(Cl)cc2)CC1. The Balaban J connectivity index is 1.80. The predicted octanol–water partition coefficient (Wildman–Crippen LogP) is 4.03. The topological polar surface area (TPSA) is 23.6 Å². The first-order valence-electron chi connectivity index (χ1n) is 8.90. The largest absolute Gasteiger partial charge is 0.341 e. The molecule has 0 unspecified atom stereocenters. The highest BCUT2D eigenvalue weighted by atomic mass is 35.5. The first kappa shape index (κ1) is 18.0. The molecule has 1 heterocycles. The first-order chi connectivity index (χ1) is 12.1. The molecule has 3 nitrogen and oxygen atoms in total. The van der Waals surface area contributed by atoms with Crippen molar-refractivity contribution in [2.75, 3.05) is 33.2 Å². The van der Waals surface area contributed by atoms with Gasteiger partial charge in [-0.1, -0.05) is 54.1 Å². The van der Waals surface area contributed by atoms with E-state index in [2.05, 4.69) is 24.1 Å². The maximum absolute atomic E-state index is 13.0. The van der Waals surface area contributed by atoms with Crippen LogP contribution in [0.1, 0.15) is 29.9 Å². The summed E-state index contributed by atoms with van der Waals surface area (Å²) in [5.41, 5.74) is 2.31. The smallest absolute Gasteiger partial charge is 0.223 e. The Morgan fingerprint density at radius 2 is 1.64 bits per heavy atom. The molecule has 1 atom stereocenters. The fourth-order valence-corrected chi connectivity index (χ4v) is 3.53. The highest BCUT2D eigenvalue weighted by molar-refractivity contribution is 6.30. The maximum atomic E-state index is 13.0. The minimum Gasteiger partial charge on any atom is -0.341 e. The van der Waals surface area contributed by atoms with E-state index in [1.807, 2.05) is 47.4 Å². The number of rotatable bonds is 4. The Morgan fingerprint density at radius 1 is 0.960 bits per heavy atom. The van der Waals surface area contributed by atoms with E-state index in [0.29, 0.717) is 6.42 Å². The Morgan fingerprint density at radius 3 is 2.36 bits per heavy atom. The van der Waals surface area contributed by atoms with Gasteiger partial charge in [-0.2, -0.15) is 0 Å². The van der Waals surface area contributed by atoms with Crippen molar-refractivity contribution in [3.8, 4) is 0 Å². The average molecular weight is 357 g/mol. The van der Waals surface area contributed by atoms with Crippen molar-refractivity contribution in [1.29, 1.82) is 0 Å². The second-order valence-electron chi connectivity index (χ2n) is 6.76. The number of benzene rings is 2. The lowest BCUT2D eigenvalue weighted by molar-refractivity contribution is -0.131. The van der Waals surface area contributed by atoms with Gasteiger partial charge in [0.2, 0.25) is 5.91 Å². The van der Waals surface area contributed by atoms with Crippen LogP contribution in [0.4, 0.5) is 0 Å². The van der Waals surface area contributed by atoms with E-state index in [4.69, 9.17) is 11.6 Å². The lowest BCUT2D eigenvalue weighted by Crippen LogP contribution is -2.35. The molecule has 3 rings (SSSR count).